The van der Waals surface area contributed by atoms with Crippen molar-refractivity contribution in [1.82, 2.24) is 10.2 Å². The minimum atomic E-state index is 0.0120. The smallest absolute Gasteiger partial charge is 0.0878 e. The molecule has 0 amide bonds. The summed E-state index contributed by atoms with van der Waals surface area (Å²) in [4.78, 5) is 2.15. The number of rotatable bonds is 5. The zero-order chi connectivity index (χ0) is 15.4. The monoisotopic (exact) mass is 323 g/mol. The molecule has 2 rings (SSSR count). The van der Waals surface area contributed by atoms with Crippen LogP contribution in [0.25, 0.3) is 0 Å². The van der Waals surface area contributed by atoms with Crippen LogP contribution in [0, 0.1) is 0 Å². The van der Waals surface area contributed by atoms with Gasteiger partial charge in [-0.1, -0.05) is 47.5 Å². The molecule has 0 fully saturated rings. The second-order valence-corrected chi connectivity index (χ2v) is 5.81. The standard InChI is InChI=1S/C16H19Cl2N3/c1-20-16(13-5-3-4-6-15(13)19)21(2)10-11-7-8-12(17)9-14(11)18/h3-9,16,20H,10,19H2,1-2H3. The Morgan fingerprint density at radius 2 is 1.90 bits per heavy atom. The molecular weight excluding hydrogens is 305 g/mol. The van der Waals surface area contributed by atoms with Crippen LogP contribution in [0.3, 0.4) is 0 Å². The SMILES string of the molecule is CNC(c1ccccc1N)N(C)Cc1ccc(Cl)cc1Cl. The molecule has 0 aliphatic heterocycles. The Bertz CT molecular complexity index is 616. The van der Waals surface area contributed by atoms with E-state index in [1.54, 1.807) is 6.07 Å². The van der Waals surface area contributed by atoms with Gasteiger partial charge in [0.25, 0.3) is 0 Å². The molecule has 112 valence electrons. The molecule has 0 spiro atoms. The number of para-hydroxylation sites is 1. The van der Waals surface area contributed by atoms with Crippen LogP contribution in [0.15, 0.2) is 42.5 Å². The van der Waals surface area contributed by atoms with Gasteiger partial charge in [-0.05, 0) is 37.9 Å². The predicted octanol–water partition coefficient (Wildman–Crippen LogP) is 3.93. The van der Waals surface area contributed by atoms with Gasteiger partial charge in [0.05, 0.1) is 6.17 Å². The van der Waals surface area contributed by atoms with Crippen molar-refractivity contribution in [3.8, 4) is 0 Å². The molecule has 1 unspecified atom stereocenters. The third-order valence-electron chi connectivity index (χ3n) is 3.44. The molecule has 5 heteroatoms. The fourth-order valence-corrected chi connectivity index (χ4v) is 2.85. The van der Waals surface area contributed by atoms with Crippen molar-refractivity contribution < 1.29 is 0 Å². The van der Waals surface area contributed by atoms with E-state index in [0.29, 0.717) is 16.6 Å². The average molecular weight is 324 g/mol. The topological polar surface area (TPSA) is 41.3 Å². The zero-order valence-electron chi connectivity index (χ0n) is 12.1. The predicted molar refractivity (Wildman–Crippen MR) is 90.6 cm³/mol. The number of anilines is 1. The second kappa shape index (κ2) is 7.14. The fourth-order valence-electron chi connectivity index (χ4n) is 2.38. The quantitative estimate of drug-likeness (QED) is 0.647. The van der Waals surface area contributed by atoms with Crippen LogP contribution in [0.2, 0.25) is 10.0 Å². The molecular formula is C16H19Cl2N3. The molecule has 0 saturated carbocycles. The van der Waals surface area contributed by atoms with Crippen LogP contribution >= 0.6 is 23.2 Å². The Morgan fingerprint density at radius 1 is 1.19 bits per heavy atom. The van der Waals surface area contributed by atoms with E-state index in [0.717, 1.165) is 16.8 Å². The van der Waals surface area contributed by atoms with Crippen LogP contribution in [0.4, 0.5) is 5.69 Å². The number of nitrogens with zero attached hydrogens (tertiary/aromatic N) is 1. The van der Waals surface area contributed by atoms with Crippen molar-refractivity contribution in [1.29, 1.82) is 0 Å². The van der Waals surface area contributed by atoms with Crippen LogP contribution < -0.4 is 11.1 Å². The minimum Gasteiger partial charge on any atom is -0.398 e. The van der Waals surface area contributed by atoms with Gasteiger partial charge in [0.15, 0.2) is 0 Å². The molecule has 0 aromatic heterocycles. The number of hydrogen-bond acceptors (Lipinski definition) is 3. The molecule has 0 radical (unpaired) electrons. The maximum absolute atomic E-state index is 6.24. The summed E-state index contributed by atoms with van der Waals surface area (Å²) in [6.07, 6.45) is 0.0120. The van der Waals surface area contributed by atoms with E-state index in [1.807, 2.05) is 50.5 Å². The van der Waals surface area contributed by atoms with Crippen molar-refractivity contribution in [2.24, 2.45) is 0 Å². The summed E-state index contributed by atoms with van der Waals surface area (Å²) in [6.45, 7) is 0.690. The van der Waals surface area contributed by atoms with Crippen molar-refractivity contribution in [2.75, 3.05) is 19.8 Å². The van der Waals surface area contributed by atoms with Gasteiger partial charge in [-0.25, -0.2) is 0 Å². The van der Waals surface area contributed by atoms with Gasteiger partial charge in [0.2, 0.25) is 0 Å². The summed E-state index contributed by atoms with van der Waals surface area (Å²) in [6, 6.07) is 13.4. The fraction of sp³-hybridized carbons (Fsp3) is 0.250. The Hall–Kier alpha value is -1.26. The Kier molecular flexibility index (Phi) is 5.48. The highest BCUT2D eigenvalue weighted by Gasteiger charge is 2.18. The van der Waals surface area contributed by atoms with Crippen LogP contribution in [-0.2, 0) is 6.54 Å². The number of nitrogen functional groups attached to an aromatic ring is 1. The Balaban J connectivity index is 2.21. The van der Waals surface area contributed by atoms with Crippen molar-refractivity contribution >= 4 is 28.9 Å². The number of benzene rings is 2. The van der Waals surface area contributed by atoms with Gasteiger partial charge < -0.3 is 11.1 Å². The van der Waals surface area contributed by atoms with E-state index in [9.17, 15) is 0 Å². The van der Waals surface area contributed by atoms with Gasteiger partial charge in [0.1, 0.15) is 0 Å². The Morgan fingerprint density at radius 3 is 2.52 bits per heavy atom. The number of nitrogens with one attached hydrogen (secondary N) is 1. The minimum absolute atomic E-state index is 0.0120. The van der Waals surface area contributed by atoms with Crippen molar-refractivity contribution in [3.63, 3.8) is 0 Å². The van der Waals surface area contributed by atoms with Crippen LogP contribution in [0.5, 0.6) is 0 Å². The average Bonchev–Trinajstić information content (AvgIpc) is 2.45. The summed E-state index contributed by atoms with van der Waals surface area (Å²) in [5.74, 6) is 0. The van der Waals surface area contributed by atoms with E-state index in [4.69, 9.17) is 28.9 Å². The second-order valence-electron chi connectivity index (χ2n) is 4.97. The Labute approximate surface area is 135 Å². The molecule has 2 aromatic carbocycles. The van der Waals surface area contributed by atoms with Gasteiger partial charge in [-0.15, -0.1) is 0 Å². The largest absolute Gasteiger partial charge is 0.398 e. The molecule has 0 heterocycles. The lowest BCUT2D eigenvalue weighted by molar-refractivity contribution is 0.209. The lowest BCUT2D eigenvalue weighted by atomic mass is 10.1. The third kappa shape index (κ3) is 3.89. The number of hydrogen-bond donors (Lipinski definition) is 2. The first-order chi connectivity index (χ1) is 10.0. The van der Waals surface area contributed by atoms with Crippen LogP contribution in [-0.4, -0.2) is 19.0 Å². The van der Waals surface area contributed by atoms with Gasteiger partial charge in [-0.3, -0.25) is 4.90 Å². The summed E-state index contributed by atoms with van der Waals surface area (Å²) in [7, 11) is 3.94. The summed E-state index contributed by atoms with van der Waals surface area (Å²) < 4.78 is 0. The summed E-state index contributed by atoms with van der Waals surface area (Å²) in [5, 5.41) is 4.60. The van der Waals surface area contributed by atoms with Crippen molar-refractivity contribution in [2.45, 2.75) is 12.7 Å². The van der Waals surface area contributed by atoms with E-state index in [-0.39, 0.29) is 6.17 Å². The highest BCUT2D eigenvalue weighted by molar-refractivity contribution is 6.35. The van der Waals surface area contributed by atoms with E-state index < -0.39 is 0 Å². The first-order valence-electron chi connectivity index (χ1n) is 6.68. The maximum Gasteiger partial charge on any atom is 0.0878 e. The van der Waals surface area contributed by atoms with E-state index >= 15 is 0 Å². The summed E-state index contributed by atoms with van der Waals surface area (Å²) in [5.41, 5.74) is 8.91. The highest BCUT2D eigenvalue weighted by atomic mass is 35.5. The molecule has 0 bridgehead atoms. The van der Waals surface area contributed by atoms with Crippen molar-refractivity contribution in [3.05, 3.63) is 63.6 Å². The number of halogens is 2. The number of nitrogens with two attached hydrogens (primary N) is 1. The molecule has 0 saturated heterocycles. The molecule has 1 atom stereocenters. The molecule has 2 aromatic rings. The lowest BCUT2D eigenvalue weighted by Gasteiger charge is -2.29. The third-order valence-corrected chi connectivity index (χ3v) is 4.03. The maximum atomic E-state index is 6.24. The first kappa shape index (κ1) is 16.1. The van der Waals surface area contributed by atoms with Gasteiger partial charge in [-0.2, -0.15) is 0 Å². The highest BCUT2D eigenvalue weighted by Crippen LogP contribution is 2.27. The normalized spacial score (nSPS) is 12.6. The van der Waals surface area contributed by atoms with Crippen LogP contribution in [0.1, 0.15) is 17.3 Å². The van der Waals surface area contributed by atoms with E-state index in [1.165, 1.54) is 0 Å². The lowest BCUT2D eigenvalue weighted by Crippen LogP contribution is -2.34. The molecule has 21 heavy (non-hydrogen) atoms. The molecule has 3 nitrogen and oxygen atoms in total. The first-order valence-corrected chi connectivity index (χ1v) is 7.44. The molecule has 0 aliphatic rings. The molecule has 0 aliphatic carbocycles. The molecule has 3 N–H and O–H groups in total. The zero-order valence-corrected chi connectivity index (χ0v) is 13.6. The summed E-state index contributed by atoms with van der Waals surface area (Å²) >= 11 is 12.2. The van der Waals surface area contributed by atoms with Gasteiger partial charge in [0, 0.05) is 27.8 Å². The van der Waals surface area contributed by atoms with Gasteiger partial charge >= 0.3 is 0 Å². The van der Waals surface area contributed by atoms with E-state index in [2.05, 4.69) is 10.2 Å².